The summed E-state index contributed by atoms with van der Waals surface area (Å²) < 4.78 is 11.0. The highest BCUT2D eigenvalue weighted by Crippen LogP contribution is 2.58. The van der Waals surface area contributed by atoms with Crippen LogP contribution in [0.1, 0.15) is 61.0 Å². The van der Waals surface area contributed by atoms with E-state index >= 15 is 0 Å². The van der Waals surface area contributed by atoms with E-state index in [-0.39, 0.29) is 16.4 Å². The molecule has 3 rings (SSSR count). The molecule has 0 aromatic heterocycles. The normalized spacial score (nSPS) is 31.1. The molecular weight excluding hydrogens is 318 g/mol. The molecule has 2 aliphatic carbocycles. The van der Waals surface area contributed by atoms with Crippen molar-refractivity contribution >= 4 is 11.7 Å². The van der Waals surface area contributed by atoms with Gasteiger partial charge in [0, 0.05) is 7.11 Å². The molecule has 0 heterocycles. The minimum atomic E-state index is -1.03. The van der Waals surface area contributed by atoms with Gasteiger partial charge < -0.3 is 20.3 Å². The largest absolute Gasteiger partial charge is 0.496 e. The summed E-state index contributed by atoms with van der Waals surface area (Å²) in [5.74, 6) is -0.178. The smallest absolute Gasteiger partial charge is 0.341 e. The lowest BCUT2D eigenvalue weighted by Gasteiger charge is -2.55. The minimum absolute atomic E-state index is 0.0302. The van der Waals surface area contributed by atoms with Crippen molar-refractivity contribution in [3.8, 4) is 5.75 Å². The molecule has 1 fully saturated rings. The van der Waals surface area contributed by atoms with Crippen molar-refractivity contribution in [1.29, 1.82) is 0 Å². The Hall–Kier alpha value is -1.75. The highest BCUT2D eigenvalue weighted by molar-refractivity contribution is 5.98. The number of benzene rings is 1. The first-order chi connectivity index (χ1) is 11.8. The summed E-state index contributed by atoms with van der Waals surface area (Å²) in [4.78, 5) is 11.7. The molecule has 0 spiro atoms. The number of anilines is 1. The molecule has 1 aromatic carbocycles. The molecule has 0 saturated heterocycles. The van der Waals surface area contributed by atoms with Crippen LogP contribution in [0.5, 0.6) is 5.75 Å². The summed E-state index contributed by atoms with van der Waals surface area (Å²) in [5.41, 5.74) is 9.05. The molecule has 0 aliphatic heterocycles. The fraction of sp³-hybridized carbons (Fsp3) is 0.650. The fourth-order valence-corrected chi connectivity index (χ4v) is 5.64. The molecule has 3 atom stereocenters. The highest BCUT2D eigenvalue weighted by Gasteiger charge is 2.52. The quantitative estimate of drug-likeness (QED) is 0.813. The number of aromatic carboxylic acids is 1. The molecular formula is C20H29NO4. The lowest BCUT2D eigenvalue weighted by atomic mass is 9.50. The second-order valence-electron chi connectivity index (χ2n) is 8.15. The lowest BCUT2D eigenvalue weighted by Crippen LogP contribution is -2.51. The van der Waals surface area contributed by atoms with Gasteiger partial charge in [0.25, 0.3) is 0 Å². The van der Waals surface area contributed by atoms with Gasteiger partial charge in [0.1, 0.15) is 11.3 Å². The van der Waals surface area contributed by atoms with E-state index in [9.17, 15) is 9.90 Å². The van der Waals surface area contributed by atoms with E-state index in [1.165, 1.54) is 12.7 Å². The fourth-order valence-electron chi connectivity index (χ4n) is 5.64. The van der Waals surface area contributed by atoms with E-state index in [4.69, 9.17) is 15.2 Å². The van der Waals surface area contributed by atoms with Crippen LogP contribution >= 0.6 is 0 Å². The molecule has 25 heavy (non-hydrogen) atoms. The van der Waals surface area contributed by atoms with E-state index in [2.05, 4.69) is 13.8 Å². The van der Waals surface area contributed by atoms with Crippen LogP contribution in [-0.2, 0) is 16.6 Å². The Bertz CT molecular complexity index is 697. The van der Waals surface area contributed by atoms with Crippen molar-refractivity contribution < 1.29 is 19.4 Å². The van der Waals surface area contributed by atoms with Gasteiger partial charge in [-0.3, -0.25) is 0 Å². The lowest BCUT2D eigenvalue weighted by molar-refractivity contribution is -0.0324. The van der Waals surface area contributed by atoms with Crippen molar-refractivity contribution in [2.75, 3.05) is 26.6 Å². The Kier molecular flexibility index (Phi) is 4.48. The highest BCUT2D eigenvalue weighted by atomic mass is 16.5. The van der Waals surface area contributed by atoms with Crippen LogP contribution in [0, 0.1) is 11.3 Å². The number of rotatable bonds is 4. The number of carboxylic acid groups (broad SMARTS) is 1. The maximum Gasteiger partial charge on any atom is 0.341 e. The molecule has 2 aliphatic rings. The first kappa shape index (κ1) is 18.1. The van der Waals surface area contributed by atoms with Crippen LogP contribution < -0.4 is 10.5 Å². The second kappa shape index (κ2) is 6.20. The van der Waals surface area contributed by atoms with Crippen LogP contribution in [-0.4, -0.2) is 31.9 Å². The van der Waals surface area contributed by atoms with Crippen LogP contribution in [0.25, 0.3) is 0 Å². The Balaban J connectivity index is 2.18. The summed E-state index contributed by atoms with van der Waals surface area (Å²) in [6, 6.07) is 1.93. The zero-order chi connectivity index (χ0) is 18.4. The van der Waals surface area contributed by atoms with Gasteiger partial charge in [-0.2, -0.15) is 0 Å². The number of carbonyl (C=O) groups is 1. The van der Waals surface area contributed by atoms with Gasteiger partial charge in [0.15, 0.2) is 0 Å². The average Bonchev–Trinajstić information content (AvgIpc) is 2.54. The van der Waals surface area contributed by atoms with Crippen molar-refractivity contribution in [2.45, 2.75) is 51.4 Å². The molecule has 1 aromatic rings. The van der Waals surface area contributed by atoms with Crippen molar-refractivity contribution in [2.24, 2.45) is 11.3 Å². The molecule has 0 unspecified atom stereocenters. The van der Waals surface area contributed by atoms with E-state index in [0.29, 0.717) is 17.4 Å². The SMILES string of the molecule is COC[C@@]1(C)CCC[C@]2(C)c3cc(OC)c(C(=O)O)c(N)c3CC[C@@H]12. The van der Waals surface area contributed by atoms with Crippen LogP contribution in [0.15, 0.2) is 6.07 Å². The summed E-state index contributed by atoms with van der Waals surface area (Å²) >= 11 is 0. The summed E-state index contributed by atoms with van der Waals surface area (Å²) in [6.45, 7) is 5.39. The number of hydrogen-bond donors (Lipinski definition) is 2. The predicted molar refractivity (Wildman–Crippen MR) is 97.4 cm³/mol. The van der Waals surface area contributed by atoms with Crippen LogP contribution in [0.2, 0.25) is 0 Å². The van der Waals surface area contributed by atoms with Crippen molar-refractivity contribution in [3.05, 3.63) is 22.8 Å². The van der Waals surface area contributed by atoms with E-state index < -0.39 is 5.97 Å². The maximum absolute atomic E-state index is 11.7. The molecule has 138 valence electrons. The maximum atomic E-state index is 11.7. The average molecular weight is 347 g/mol. The third-order valence-corrected chi connectivity index (χ3v) is 6.70. The first-order valence-electron chi connectivity index (χ1n) is 9.00. The minimum Gasteiger partial charge on any atom is -0.496 e. The van der Waals surface area contributed by atoms with E-state index in [1.54, 1.807) is 7.11 Å². The Morgan fingerprint density at radius 2 is 2.08 bits per heavy atom. The molecule has 0 bridgehead atoms. The molecule has 0 radical (unpaired) electrons. The third kappa shape index (κ3) is 2.60. The van der Waals surface area contributed by atoms with Crippen LogP contribution in [0.4, 0.5) is 5.69 Å². The molecule has 1 saturated carbocycles. The van der Waals surface area contributed by atoms with E-state index in [0.717, 1.165) is 44.3 Å². The van der Waals surface area contributed by atoms with Crippen molar-refractivity contribution in [1.82, 2.24) is 0 Å². The number of ether oxygens (including phenoxy) is 2. The van der Waals surface area contributed by atoms with Gasteiger partial charge in [-0.15, -0.1) is 0 Å². The van der Waals surface area contributed by atoms with Gasteiger partial charge >= 0.3 is 5.97 Å². The van der Waals surface area contributed by atoms with Gasteiger partial charge in [-0.05, 0) is 59.6 Å². The number of hydrogen-bond acceptors (Lipinski definition) is 4. The summed E-state index contributed by atoms with van der Waals surface area (Å²) in [7, 11) is 3.28. The third-order valence-electron chi connectivity index (χ3n) is 6.70. The Morgan fingerprint density at radius 3 is 2.68 bits per heavy atom. The monoisotopic (exact) mass is 347 g/mol. The van der Waals surface area contributed by atoms with Crippen LogP contribution in [0.3, 0.4) is 0 Å². The number of fused-ring (bicyclic) bond motifs is 3. The molecule has 5 heteroatoms. The first-order valence-corrected chi connectivity index (χ1v) is 9.00. The van der Waals surface area contributed by atoms with Gasteiger partial charge in [0.05, 0.1) is 19.4 Å². The zero-order valence-corrected chi connectivity index (χ0v) is 15.6. The topological polar surface area (TPSA) is 81.8 Å². The zero-order valence-electron chi connectivity index (χ0n) is 15.6. The van der Waals surface area contributed by atoms with Gasteiger partial charge in [-0.25, -0.2) is 4.79 Å². The number of nitrogens with two attached hydrogens (primary N) is 1. The summed E-state index contributed by atoms with van der Waals surface area (Å²) in [6.07, 6.45) is 5.20. The predicted octanol–water partition coefficient (Wildman–Crippen LogP) is 3.63. The van der Waals surface area contributed by atoms with Crippen molar-refractivity contribution in [3.63, 3.8) is 0 Å². The van der Waals surface area contributed by atoms with E-state index in [1.807, 2.05) is 6.07 Å². The summed E-state index contributed by atoms with van der Waals surface area (Å²) in [5, 5.41) is 9.55. The number of methoxy groups -OCH3 is 2. The van der Waals surface area contributed by atoms with Gasteiger partial charge in [0.2, 0.25) is 0 Å². The Morgan fingerprint density at radius 1 is 1.36 bits per heavy atom. The molecule has 5 nitrogen and oxygen atoms in total. The standard InChI is InChI=1S/C20H29NO4/c1-19(11-24-3)8-5-9-20(2)13-10-14(25-4)16(18(22)23)17(21)12(13)6-7-15(19)20/h10,15H,5-9,11,21H2,1-4H3,(H,22,23)/t15-,19+,20+/m0/s1. The number of nitrogen functional groups attached to an aromatic ring is 1. The Labute approximate surface area is 149 Å². The second-order valence-corrected chi connectivity index (χ2v) is 8.15. The van der Waals surface area contributed by atoms with Gasteiger partial charge in [-0.1, -0.05) is 20.3 Å². The molecule has 3 N–H and O–H groups in total. The number of carboxylic acids is 1. The molecule has 0 amide bonds.